The molecule has 1 saturated heterocycles. The van der Waals surface area contributed by atoms with E-state index in [1.54, 1.807) is 17.0 Å². The van der Waals surface area contributed by atoms with Crippen molar-refractivity contribution in [1.29, 1.82) is 0 Å². The predicted octanol–water partition coefficient (Wildman–Crippen LogP) is 3.32. The molecule has 1 aliphatic carbocycles. The fourth-order valence-corrected chi connectivity index (χ4v) is 3.87. The van der Waals surface area contributed by atoms with E-state index in [4.69, 9.17) is 11.6 Å². The van der Waals surface area contributed by atoms with Crippen LogP contribution in [-0.4, -0.2) is 42.9 Å². The molecule has 1 aliphatic heterocycles. The summed E-state index contributed by atoms with van der Waals surface area (Å²) >= 11 is 5.88. The maximum absolute atomic E-state index is 14.5. The summed E-state index contributed by atoms with van der Waals surface area (Å²) in [5.41, 5.74) is 1.55. The maximum atomic E-state index is 14.5. The molecule has 29 heavy (non-hydrogen) atoms. The minimum absolute atomic E-state index is 0.296. The number of nitrogens with one attached hydrogen (secondary N) is 2. The van der Waals surface area contributed by atoms with E-state index >= 15 is 0 Å². The molecule has 2 fully saturated rings. The topological polar surface area (TPSA) is 103 Å². The smallest absolute Gasteiger partial charge is 0.233 e. The first-order valence-electron chi connectivity index (χ1n) is 9.48. The molecule has 0 radical (unpaired) electrons. The van der Waals surface area contributed by atoms with Gasteiger partial charge in [-0.1, -0.05) is 17.7 Å². The van der Waals surface area contributed by atoms with Crippen LogP contribution in [0.3, 0.4) is 0 Å². The van der Waals surface area contributed by atoms with Crippen molar-refractivity contribution < 1.29 is 9.50 Å². The number of H-pyrrole nitrogens is 1. The van der Waals surface area contributed by atoms with Crippen LogP contribution in [0, 0.1) is 5.82 Å². The van der Waals surface area contributed by atoms with Crippen LogP contribution in [0.4, 0.5) is 22.1 Å². The highest BCUT2D eigenvalue weighted by Crippen LogP contribution is 2.40. The highest BCUT2D eigenvalue weighted by atomic mass is 35.5. The summed E-state index contributed by atoms with van der Waals surface area (Å²) in [4.78, 5) is 14.6. The molecule has 8 nitrogen and oxygen atoms in total. The third-order valence-corrected chi connectivity index (χ3v) is 5.51. The van der Waals surface area contributed by atoms with Gasteiger partial charge in [0.15, 0.2) is 5.82 Å². The summed E-state index contributed by atoms with van der Waals surface area (Å²) in [5, 5.41) is 20.9. The standard InChI is InChI=1S/C19H19ClFN7O/c20-11-3-4-13(14(21)5-11)16-6-12(29)8-28(16)19-23-9-22-18(25-19)24-17-7-15(26-27-17)10-1-2-10/h3-5,7,9-10,12,16,29H,1-2,6,8H2,(H2,22,23,24,25,26,27). The summed E-state index contributed by atoms with van der Waals surface area (Å²) in [5.74, 6) is 1.47. The van der Waals surface area contributed by atoms with Crippen molar-refractivity contribution in [3.63, 3.8) is 0 Å². The molecule has 5 rings (SSSR count). The van der Waals surface area contributed by atoms with Gasteiger partial charge in [0.25, 0.3) is 0 Å². The Bertz CT molecular complexity index is 1040. The lowest BCUT2D eigenvalue weighted by molar-refractivity contribution is 0.194. The Labute approximate surface area is 171 Å². The fourth-order valence-electron chi connectivity index (χ4n) is 3.71. The van der Waals surface area contributed by atoms with Gasteiger partial charge in [-0.3, -0.25) is 5.10 Å². The van der Waals surface area contributed by atoms with Crippen LogP contribution < -0.4 is 10.2 Å². The number of rotatable bonds is 5. The molecule has 0 bridgehead atoms. The number of benzene rings is 1. The second-order valence-corrected chi connectivity index (χ2v) is 7.88. The SMILES string of the molecule is OC1CC(c2ccc(Cl)cc2F)N(c2ncnc(Nc3cc(C4CC4)[nH]n3)n2)C1. The molecular formula is C19H19ClFN7O. The first-order valence-corrected chi connectivity index (χ1v) is 9.85. The molecule has 1 aromatic carbocycles. The zero-order valence-electron chi connectivity index (χ0n) is 15.4. The van der Waals surface area contributed by atoms with Crippen molar-refractivity contribution in [1.82, 2.24) is 25.1 Å². The molecule has 10 heteroatoms. The van der Waals surface area contributed by atoms with Gasteiger partial charge in [0, 0.05) is 34.8 Å². The monoisotopic (exact) mass is 415 g/mol. The van der Waals surface area contributed by atoms with Crippen LogP contribution in [-0.2, 0) is 0 Å². The number of hydrogen-bond acceptors (Lipinski definition) is 7. The quantitative estimate of drug-likeness (QED) is 0.587. The zero-order chi connectivity index (χ0) is 20.0. The minimum Gasteiger partial charge on any atom is -0.391 e. The Morgan fingerprint density at radius 2 is 2.10 bits per heavy atom. The van der Waals surface area contributed by atoms with Gasteiger partial charge in [0.2, 0.25) is 11.9 Å². The lowest BCUT2D eigenvalue weighted by Gasteiger charge is -2.25. The van der Waals surface area contributed by atoms with Crippen LogP contribution >= 0.6 is 11.6 Å². The summed E-state index contributed by atoms with van der Waals surface area (Å²) in [6, 6.07) is 6.10. The third-order valence-electron chi connectivity index (χ3n) is 5.27. The predicted molar refractivity (Wildman–Crippen MR) is 106 cm³/mol. The zero-order valence-corrected chi connectivity index (χ0v) is 16.1. The van der Waals surface area contributed by atoms with Crippen LogP contribution in [0.1, 0.15) is 42.5 Å². The minimum atomic E-state index is -0.615. The first kappa shape index (κ1) is 18.3. The Kier molecular flexibility index (Phi) is 4.56. The molecule has 1 saturated carbocycles. The van der Waals surface area contributed by atoms with Crippen LogP contribution in [0.2, 0.25) is 5.02 Å². The van der Waals surface area contributed by atoms with Gasteiger partial charge in [0.1, 0.15) is 12.1 Å². The van der Waals surface area contributed by atoms with Crippen LogP contribution in [0.25, 0.3) is 0 Å². The van der Waals surface area contributed by atoms with Gasteiger partial charge in [-0.15, -0.1) is 0 Å². The average molecular weight is 416 g/mol. The number of aromatic amines is 1. The molecule has 3 heterocycles. The van der Waals surface area contributed by atoms with Crippen molar-refractivity contribution in [2.45, 2.75) is 37.3 Å². The van der Waals surface area contributed by atoms with E-state index in [-0.39, 0.29) is 0 Å². The molecule has 0 spiro atoms. The molecule has 150 valence electrons. The van der Waals surface area contributed by atoms with E-state index in [0.29, 0.717) is 47.2 Å². The number of halogens is 2. The van der Waals surface area contributed by atoms with Crippen molar-refractivity contribution in [3.8, 4) is 0 Å². The largest absolute Gasteiger partial charge is 0.391 e. The molecule has 2 unspecified atom stereocenters. The van der Waals surface area contributed by atoms with E-state index in [0.717, 1.165) is 5.69 Å². The fraction of sp³-hybridized carbons (Fsp3) is 0.368. The van der Waals surface area contributed by atoms with Crippen molar-refractivity contribution in [2.75, 3.05) is 16.8 Å². The molecule has 2 aliphatic rings. The summed E-state index contributed by atoms with van der Waals surface area (Å²) < 4.78 is 14.5. The van der Waals surface area contributed by atoms with E-state index in [2.05, 4.69) is 30.5 Å². The average Bonchev–Trinajstić information content (AvgIpc) is 3.32. The maximum Gasteiger partial charge on any atom is 0.233 e. The number of anilines is 3. The van der Waals surface area contributed by atoms with E-state index in [1.165, 1.54) is 25.2 Å². The van der Waals surface area contributed by atoms with Crippen molar-refractivity contribution >= 4 is 29.3 Å². The van der Waals surface area contributed by atoms with E-state index in [1.807, 2.05) is 6.07 Å². The summed E-state index contributed by atoms with van der Waals surface area (Å²) in [6.45, 7) is 0.296. The Balaban J connectivity index is 1.40. The lowest BCUT2D eigenvalue weighted by Crippen LogP contribution is -2.27. The van der Waals surface area contributed by atoms with E-state index in [9.17, 15) is 9.50 Å². The van der Waals surface area contributed by atoms with E-state index < -0.39 is 18.0 Å². The highest BCUT2D eigenvalue weighted by molar-refractivity contribution is 6.30. The molecule has 2 aromatic heterocycles. The summed E-state index contributed by atoms with van der Waals surface area (Å²) in [6.07, 6.45) is 3.50. The highest BCUT2D eigenvalue weighted by Gasteiger charge is 2.35. The van der Waals surface area contributed by atoms with Gasteiger partial charge < -0.3 is 15.3 Å². The number of aliphatic hydroxyl groups excluding tert-OH is 1. The second kappa shape index (κ2) is 7.23. The first-order chi connectivity index (χ1) is 14.1. The number of aromatic nitrogens is 5. The van der Waals surface area contributed by atoms with Gasteiger partial charge >= 0.3 is 0 Å². The second-order valence-electron chi connectivity index (χ2n) is 7.44. The molecular weight excluding hydrogens is 397 g/mol. The number of nitrogens with zero attached hydrogens (tertiary/aromatic N) is 5. The van der Waals surface area contributed by atoms with Gasteiger partial charge in [-0.05, 0) is 31.4 Å². The molecule has 2 atom stereocenters. The Morgan fingerprint density at radius 3 is 2.90 bits per heavy atom. The van der Waals surface area contributed by atoms with Gasteiger partial charge in [0.05, 0.1) is 12.1 Å². The number of hydrogen-bond donors (Lipinski definition) is 3. The van der Waals surface area contributed by atoms with Gasteiger partial charge in [-0.2, -0.15) is 10.1 Å². The Morgan fingerprint density at radius 1 is 1.24 bits per heavy atom. The normalized spacial score (nSPS) is 21.6. The van der Waals surface area contributed by atoms with Crippen LogP contribution in [0.15, 0.2) is 30.6 Å². The number of β-amino-alcohol motifs (C(OH)–C–C–N with tert-alkyl or cyclic N) is 1. The van der Waals surface area contributed by atoms with Gasteiger partial charge in [-0.25, -0.2) is 14.4 Å². The summed E-state index contributed by atoms with van der Waals surface area (Å²) in [7, 11) is 0. The molecule has 3 N–H and O–H groups in total. The lowest BCUT2D eigenvalue weighted by atomic mass is 10.0. The third kappa shape index (κ3) is 3.75. The van der Waals surface area contributed by atoms with Crippen molar-refractivity contribution in [3.05, 3.63) is 52.7 Å². The molecule has 0 amide bonds. The van der Waals surface area contributed by atoms with Crippen molar-refractivity contribution in [2.24, 2.45) is 0 Å². The molecule has 3 aromatic rings. The Hall–Kier alpha value is -2.78. The van der Waals surface area contributed by atoms with Crippen LogP contribution in [0.5, 0.6) is 0 Å². The number of aliphatic hydroxyl groups is 1.